The third kappa shape index (κ3) is 47.2. The highest BCUT2D eigenvalue weighted by molar-refractivity contribution is 5.71. The summed E-state index contributed by atoms with van der Waals surface area (Å²) in [5.74, 6) is -0.857. The van der Waals surface area contributed by atoms with Crippen molar-refractivity contribution in [1.82, 2.24) is 0 Å². The molecule has 354 valence electrons. The number of allylic oxidation sites excluding steroid dienone is 2. The lowest BCUT2D eigenvalue weighted by Crippen LogP contribution is -2.30. The summed E-state index contributed by atoms with van der Waals surface area (Å²) in [7, 11) is 0. The van der Waals surface area contributed by atoms with E-state index in [0.717, 1.165) is 64.2 Å². The van der Waals surface area contributed by atoms with Crippen molar-refractivity contribution in [3.05, 3.63) is 12.2 Å². The molecule has 0 fully saturated rings. The second kappa shape index (κ2) is 49.8. The third-order valence-electron chi connectivity index (χ3n) is 12.0. The van der Waals surface area contributed by atoms with Gasteiger partial charge in [0.05, 0.1) is 0 Å². The first-order valence-electron chi connectivity index (χ1n) is 26.7. The van der Waals surface area contributed by atoms with Gasteiger partial charge < -0.3 is 14.2 Å². The predicted octanol–water partition coefficient (Wildman–Crippen LogP) is 17.4. The van der Waals surface area contributed by atoms with E-state index < -0.39 is 6.10 Å². The topological polar surface area (TPSA) is 78.9 Å². The molecular weight excluding hydrogens is 745 g/mol. The molecule has 0 aliphatic heterocycles. The Balaban J connectivity index is 4.33. The fourth-order valence-corrected chi connectivity index (χ4v) is 7.97. The fraction of sp³-hybridized carbons (Fsp3) is 0.907. The standard InChI is InChI=1S/C54H102O6/c1-4-7-10-13-16-19-22-25-27-29-32-35-38-41-44-47-53(56)59-50-51(49-58-52(55)46-43-40-37-34-31-24-21-18-15-12-9-6-3)60-54(57)48-45-42-39-36-33-30-28-26-23-20-17-14-11-8-5-2/h25,27,51H,4-24,26,28-50H2,1-3H3/b27-25-. The number of carbonyl (C=O) groups excluding carboxylic acids is 3. The first-order chi connectivity index (χ1) is 29.5. The molecule has 0 aliphatic rings. The SMILES string of the molecule is CCCCCCCC/C=C\CCCCCCCC(=O)OCC(COC(=O)CCCCCCCCCCCCCC)OC(=O)CCCCCCCCCCCCCCCCC. The molecule has 0 aromatic rings. The number of ether oxygens (including phenoxy) is 3. The van der Waals surface area contributed by atoms with Crippen molar-refractivity contribution in [2.24, 2.45) is 0 Å². The van der Waals surface area contributed by atoms with Crippen LogP contribution in [0.25, 0.3) is 0 Å². The number of carbonyl (C=O) groups is 3. The van der Waals surface area contributed by atoms with E-state index in [1.165, 1.54) is 193 Å². The van der Waals surface area contributed by atoms with Crippen LogP contribution in [0.5, 0.6) is 0 Å². The van der Waals surface area contributed by atoms with Gasteiger partial charge >= 0.3 is 17.9 Å². The maximum absolute atomic E-state index is 12.8. The summed E-state index contributed by atoms with van der Waals surface area (Å²) in [4.78, 5) is 38.0. The molecule has 0 saturated carbocycles. The first kappa shape index (κ1) is 58.1. The molecule has 0 N–H and O–H groups in total. The Labute approximate surface area is 373 Å². The second-order valence-electron chi connectivity index (χ2n) is 18.2. The summed E-state index contributed by atoms with van der Waals surface area (Å²) in [6, 6.07) is 0. The van der Waals surface area contributed by atoms with E-state index in [1.54, 1.807) is 0 Å². The lowest BCUT2D eigenvalue weighted by Gasteiger charge is -2.18. The van der Waals surface area contributed by atoms with Crippen LogP contribution < -0.4 is 0 Å². The van der Waals surface area contributed by atoms with Crippen LogP contribution in [0.4, 0.5) is 0 Å². The molecule has 0 bridgehead atoms. The molecule has 1 unspecified atom stereocenters. The van der Waals surface area contributed by atoms with Crippen molar-refractivity contribution < 1.29 is 28.6 Å². The minimum absolute atomic E-state index is 0.0671. The third-order valence-corrected chi connectivity index (χ3v) is 12.0. The Morgan fingerprint density at radius 2 is 0.550 bits per heavy atom. The second-order valence-corrected chi connectivity index (χ2v) is 18.2. The van der Waals surface area contributed by atoms with Crippen molar-refractivity contribution >= 4 is 17.9 Å². The van der Waals surface area contributed by atoms with Crippen molar-refractivity contribution in [3.63, 3.8) is 0 Å². The molecule has 0 rings (SSSR count). The molecular formula is C54H102O6. The van der Waals surface area contributed by atoms with Crippen molar-refractivity contribution in [2.75, 3.05) is 13.2 Å². The van der Waals surface area contributed by atoms with Crippen LogP contribution in [-0.2, 0) is 28.6 Å². The molecule has 0 spiro atoms. The summed E-state index contributed by atoms with van der Waals surface area (Å²) in [6.07, 6.45) is 54.7. The van der Waals surface area contributed by atoms with Crippen molar-refractivity contribution in [1.29, 1.82) is 0 Å². The molecule has 0 radical (unpaired) electrons. The van der Waals surface area contributed by atoms with Gasteiger partial charge in [0.2, 0.25) is 0 Å². The molecule has 0 aliphatic carbocycles. The highest BCUT2D eigenvalue weighted by Gasteiger charge is 2.19. The van der Waals surface area contributed by atoms with Crippen molar-refractivity contribution in [3.8, 4) is 0 Å². The van der Waals surface area contributed by atoms with Gasteiger partial charge in [0.1, 0.15) is 13.2 Å². The summed E-state index contributed by atoms with van der Waals surface area (Å²) in [5, 5.41) is 0. The summed E-state index contributed by atoms with van der Waals surface area (Å²) in [5.41, 5.74) is 0. The van der Waals surface area contributed by atoms with Gasteiger partial charge in [0, 0.05) is 19.3 Å². The Morgan fingerprint density at radius 3 is 0.833 bits per heavy atom. The van der Waals surface area contributed by atoms with Crippen LogP contribution in [0.2, 0.25) is 0 Å². The minimum Gasteiger partial charge on any atom is -0.462 e. The highest BCUT2D eigenvalue weighted by atomic mass is 16.6. The van der Waals surface area contributed by atoms with Gasteiger partial charge in [-0.2, -0.15) is 0 Å². The highest BCUT2D eigenvalue weighted by Crippen LogP contribution is 2.16. The zero-order valence-corrected chi connectivity index (χ0v) is 40.5. The van der Waals surface area contributed by atoms with E-state index in [1.807, 2.05) is 0 Å². The predicted molar refractivity (Wildman–Crippen MR) is 256 cm³/mol. The molecule has 0 saturated heterocycles. The average molecular weight is 847 g/mol. The van der Waals surface area contributed by atoms with Crippen LogP contribution in [0.1, 0.15) is 297 Å². The first-order valence-corrected chi connectivity index (χ1v) is 26.7. The van der Waals surface area contributed by atoms with Crippen molar-refractivity contribution in [2.45, 2.75) is 303 Å². The Morgan fingerprint density at radius 1 is 0.317 bits per heavy atom. The maximum atomic E-state index is 12.8. The monoisotopic (exact) mass is 847 g/mol. The molecule has 0 aromatic carbocycles. The lowest BCUT2D eigenvalue weighted by molar-refractivity contribution is -0.167. The largest absolute Gasteiger partial charge is 0.462 e. The van der Waals surface area contributed by atoms with Gasteiger partial charge in [0.25, 0.3) is 0 Å². The minimum atomic E-state index is -0.766. The summed E-state index contributed by atoms with van der Waals surface area (Å²) >= 11 is 0. The number of unbranched alkanes of at least 4 members (excludes halogenated alkanes) is 36. The van der Waals surface area contributed by atoms with Crippen LogP contribution in [0.3, 0.4) is 0 Å². The number of rotatable bonds is 49. The van der Waals surface area contributed by atoms with E-state index in [2.05, 4.69) is 32.9 Å². The van der Waals surface area contributed by atoms with E-state index in [9.17, 15) is 14.4 Å². The maximum Gasteiger partial charge on any atom is 0.306 e. The van der Waals surface area contributed by atoms with Gasteiger partial charge in [-0.05, 0) is 44.9 Å². The van der Waals surface area contributed by atoms with Crippen LogP contribution >= 0.6 is 0 Å². The van der Waals surface area contributed by atoms with Gasteiger partial charge in [-0.3, -0.25) is 14.4 Å². The number of esters is 3. The number of hydrogen-bond acceptors (Lipinski definition) is 6. The quantitative estimate of drug-likeness (QED) is 0.0263. The number of hydrogen-bond donors (Lipinski definition) is 0. The molecule has 6 heteroatoms. The molecule has 60 heavy (non-hydrogen) atoms. The Hall–Kier alpha value is -1.85. The molecule has 6 nitrogen and oxygen atoms in total. The zero-order valence-electron chi connectivity index (χ0n) is 40.5. The van der Waals surface area contributed by atoms with Gasteiger partial charge in [-0.15, -0.1) is 0 Å². The van der Waals surface area contributed by atoms with Gasteiger partial charge in [-0.25, -0.2) is 0 Å². The van der Waals surface area contributed by atoms with Gasteiger partial charge in [-0.1, -0.05) is 245 Å². The van der Waals surface area contributed by atoms with Gasteiger partial charge in [0.15, 0.2) is 6.10 Å². The lowest BCUT2D eigenvalue weighted by atomic mass is 10.0. The molecule has 0 aromatic heterocycles. The summed E-state index contributed by atoms with van der Waals surface area (Å²) < 4.78 is 16.8. The Bertz CT molecular complexity index is 931. The van der Waals surface area contributed by atoms with Crippen LogP contribution in [-0.4, -0.2) is 37.2 Å². The summed E-state index contributed by atoms with van der Waals surface area (Å²) in [6.45, 7) is 6.66. The van der Waals surface area contributed by atoms with E-state index >= 15 is 0 Å². The smallest absolute Gasteiger partial charge is 0.306 e. The van der Waals surface area contributed by atoms with Crippen LogP contribution in [0, 0.1) is 0 Å². The Kier molecular flexibility index (Phi) is 48.3. The molecule has 0 amide bonds. The normalized spacial score (nSPS) is 12.0. The zero-order chi connectivity index (χ0) is 43.7. The average Bonchev–Trinajstić information content (AvgIpc) is 3.24. The molecule has 1 atom stereocenters. The van der Waals surface area contributed by atoms with E-state index in [0.29, 0.717) is 19.3 Å². The fourth-order valence-electron chi connectivity index (χ4n) is 7.97. The van der Waals surface area contributed by atoms with Crippen LogP contribution in [0.15, 0.2) is 12.2 Å². The van der Waals surface area contributed by atoms with E-state index in [-0.39, 0.29) is 31.1 Å². The molecule has 0 heterocycles. The van der Waals surface area contributed by atoms with E-state index in [4.69, 9.17) is 14.2 Å².